The number of hydrogen-bond donors (Lipinski definition) is 1. The third kappa shape index (κ3) is 3.07. The van der Waals surface area contributed by atoms with Gasteiger partial charge < -0.3 is 5.73 Å². The van der Waals surface area contributed by atoms with Crippen LogP contribution in [0.2, 0.25) is 5.02 Å². The Hall–Kier alpha value is -1.90. The van der Waals surface area contributed by atoms with Gasteiger partial charge >= 0.3 is 0 Å². The molecule has 0 aliphatic rings. The number of benzene rings is 1. The molecule has 1 aromatic carbocycles. The van der Waals surface area contributed by atoms with Gasteiger partial charge in [0, 0.05) is 13.0 Å². The number of unbranched alkanes of at least 4 members (excludes halogenated alkanes) is 1. The van der Waals surface area contributed by atoms with Crippen LogP contribution in [-0.4, -0.2) is 9.55 Å². The van der Waals surface area contributed by atoms with Crippen LogP contribution >= 0.6 is 11.6 Å². The zero-order chi connectivity index (χ0) is 15.4. The quantitative estimate of drug-likeness (QED) is 0.861. The van der Waals surface area contributed by atoms with E-state index in [1.165, 1.54) is 0 Å². The maximum atomic E-state index is 12.7. The van der Waals surface area contributed by atoms with Crippen LogP contribution in [0.15, 0.2) is 23.0 Å². The molecule has 0 aliphatic heterocycles. The maximum Gasteiger partial charge on any atom is 0.262 e. The molecular formula is C15H17ClN4O. The minimum atomic E-state index is -0.317. The third-order valence-electron chi connectivity index (χ3n) is 3.40. The van der Waals surface area contributed by atoms with Gasteiger partial charge in [-0.3, -0.25) is 9.36 Å². The average molecular weight is 305 g/mol. The Morgan fingerprint density at radius 1 is 1.52 bits per heavy atom. The highest BCUT2D eigenvalue weighted by Crippen LogP contribution is 2.21. The van der Waals surface area contributed by atoms with Crippen LogP contribution < -0.4 is 11.3 Å². The van der Waals surface area contributed by atoms with Crippen molar-refractivity contribution in [2.45, 2.75) is 38.8 Å². The van der Waals surface area contributed by atoms with Crippen molar-refractivity contribution in [2.24, 2.45) is 5.73 Å². The van der Waals surface area contributed by atoms with Crippen molar-refractivity contribution in [1.82, 2.24) is 9.55 Å². The van der Waals surface area contributed by atoms with E-state index in [1.54, 1.807) is 22.8 Å². The summed E-state index contributed by atoms with van der Waals surface area (Å²) in [5.41, 5.74) is 6.44. The lowest BCUT2D eigenvalue weighted by Crippen LogP contribution is -2.29. The van der Waals surface area contributed by atoms with Crippen molar-refractivity contribution in [1.29, 1.82) is 5.26 Å². The fraction of sp³-hybridized carbons (Fsp3) is 0.400. The lowest BCUT2D eigenvalue weighted by Gasteiger charge is -2.17. The molecule has 2 N–H and O–H groups in total. The highest BCUT2D eigenvalue weighted by Gasteiger charge is 2.17. The summed E-state index contributed by atoms with van der Waals surface area (Å²) in [4.78, 5) is 17.2. The van der Waals surface area contributed by atoms with Crippen molar-refractivity contribution in [2.75, 3.05) is 0 Å². The minimum absolute atomic E-state index is 0.192. The van der Waals surface area contributed by atoms with E-state index in [0.29, 0.717) is 47.6 Å². The molecule has 5 nitrogen and oxygen atoms in total. The number of nitrogens with two attached hydrogens (primary N) is 1. The lowest BCUT2D eigenvalue weighted by atomic mass is 10.1. The van der Waals surface area contributed by atoms with Gasteiger partial charge in [0.05, 0.1) is 28.0 Å². The molecule has 1 aromatic heterocycles. The molecule has 2 rings (SSSR count). The molecule has 0 spiro atoms. The molecule has 0 radical (unpaired) electrons. The first-order valence-corrected chi connectivity index (χ1v) is 7.29. The molecule has 0 amide bonds. The molecule has 21 heavy (non-hydrogen) atoms. The Balaban J connectivity index is 2.66. The zero-order valence-electron chi connectivity index (χ0n) is 11.8. The maximum absolute atomic E-state index is 12.7. The second-order valence-electron chi connectivity index (χ2n) is 4.84. The number of nitriles is 1. The number of hydrogen-bond acceptors (Lipinski definition) is 4. The molecule has 1 atom stereocenters. The van der Waals surface area contributed by atoms with Crippen molar-refractivity contribution < 1.29 is 0 Å². The van der Waals surface area contributed by atoms with Crippen LogP contribution in [0.1, 0.15) is 38.1 Å². The number of halogens is 1. The molecule has 1 heterocycles. The molecule has 0 unspecified atom stereocenters. The van der Waals surface area contributed by atoms with Crippen LogP contribution in [0.3, 0.4) is 0 Å². The van der Waals surface area contributed by atoms with Gasteiger partial charge in [-0.1, -0.05) is 24.6 Å². The van der Waals surface area contributed by atoms with E-state index in [0.717, 1.165) is 0 Å². The fourth-order valence-electron chi connectivity index (χ4n) is 2.24. The number of aromatic nitrogens is 2. The normalized spacial score (nSPS) is 12.3. The van der Waals surface area contributed by atoms with Crippen molar-refractivity contribution >= 4 is 22.5 Å². The average Bonchev–Trinajstić information content (AvgIpc) is 2.48. The van der Waals surface area contributed by atoms with Gasteiger partial charge in [0.1, 0.15) is 5.82 Å². The Morgan fingerprint density at radius 2 is 2.29 bits per heavy atom. The van der Waals surface area contributed by atoms with Gasteiger partial charge in [-0.25, -0.2) is 4.98 Å². The Labute approximate surface area is 128 Å². The second-order valence-corrected chi connectivity index (χ2v) is 5.24. The Kier molecular flexibility index (Phi) is 4.94. The lowest BCUT2D eigenvalue weighted by molar-refractivity contribution is 0.535. The molecule has 2 aromatic rings. The van der Waals surface area contributed by atoms with Gasteiger partial charge in [-0.15, -0.1) is 0 Å². The summed E-state index contributed by atoms with van der Waals surface area (Å²) in [5, 5.41) is 9.45. The molecule has 0 bridgehead atoms. The van der Waals surface area contributed by atoms with Gasteiger partial charge in [-0.05, 0) is 25.0 Å². The van der Waals surface area contributed by atoms with Gasteiger partial charge in [0.15, 0.2) is 0 Å². The van der Waals surface area contributed by atoms with E-state index in [-0.39, 0.29) is 11.6 Å². The monoisotopic (exact) mass is 304 g/mol. The fourth-order valence-corrected chi connectivity index (χ4v) is 2.49. The standard InChI is InChI=1S/C15H17ClN4O/c1-2-11(18)14-19-12-7-5-6-10(16)13(12)15(21)20(14)9-4-3-8-17/h5-7,11H,2-4,9,18H2,1H3/t11-/m0/s1. The Bertz CT molecular complexity index is 748. The first-order valence-electron chi connectivity index (χ1n) is 6.91. The highest BCUT2D eigenvalue weighted by atomic mass is 35.5. The van der Waals surface area contributed by atoms with Crippen LogP contribution in [0.25, 0.3) is 10.9 Å². The van der Waals surface area contributed by atoms with E-state index in [2.05, 4.69) is 11.1 Å². The summed E-state index contributed by atoms with van der Waals surface area (Å²) < 4.78 is 1.56. The van der Waals surface area contributed by atoms with E-state index in [1.807, 2.05) is 6.92 Å². The van der Waals surface area contributed by atoms with Gasteiger partial charge in [-0.2, -0.15) is 5.26 Å². The zero-order valence-corrected chi connectivity index (χ0v) is 12.6. The second kappa shape index (κ2) is 6.70. The topological polar surface area (TPSA) is 84.7 Å². The molecule has 6 heteroatoms. The minimum Gasteiger partial charge on any atom is -0.321 e. The van der Waals surface area contributed by atoms with E-state index < -0.39 is 0 Å². The summed E-state index contributed by atoms with van der Waals surface area (Å²) in [7, 11) is 0. The first-order chi connectivity index (χ1) is 10.1. The molecular weight excluding hydrogens is 288 g/mol. The molecule has 0 aliphatic carbocycles. The largest absolute Gasteiger partial charge is 0.321 e. The van der Waals surface area contributed by atoms with E-state index in [4.69, 9.17) is 22.6 Å². The van der Waals surface area contributed by atoms with Crippen molar-refractivity contribution in [3.05, 3.63) is 39.4 Å². The van der Waals surface area contributed by atoms with Crippen LogP contribution in [0.5, 0.6) is 0 Å². The van der Waals surface area contributed by atoms with E-state index >= 15 is 0 Å². The first kappa shape index (κ1) is 15.5. The van der Waals surface area contributed by atoms with Crippen molar-refractivity contribution in [3.8, 4) is 6.07 Å². The van der Waals surface area contributed by atoms with Crippen LogP contribution in [0, 0.1) is 11.3 Å². The third-order valence-corrected chi connectivity index (χ3v) is 3.72. The number of fused-ring (bicyclic) bond motifs is 1. The molecule has 110 valence electrons. The van der Waals surface area contributed by atoms with Crippen LogP contribution in [-0.2, 0) is 6.54 Å². The van der Waals surface area contributed by atoms with Gasteiger partial charge in [0.2, 0.25) is 0 Å². The predicted molar refractivity (Wildman–Crippen MR) is 83.1 cm³/mol. The predicted octanol–water partition coefficient (Wildman–Crippen LogP) is 2.76. The van der Waals surface area contributed by atoms with Crippen molar-refractivity contribution in [3.63, 3.8) is 0 Å². The highest BCUT2D eigenvalue weighted by molar-refractivity contribution is 6.35. The number of rotatable bonds is 5. The van der Waals surface area contributed by atoms with Gasteiger partial charge in [0.25, 0.3) is 5.56 Å². The smallest absolute Gasteiger partial charge is 0.262 e. The summed E-state index contributed by atoms with van der Waals surface area (Å²) in [6.45, 7) is 2.36. The number of nitrogens with zero attached hydrogens (tertiary/aromatic N) is 3. The molecule has 0 fully saturated rings. The molecule has 0 saturated heterocycles. The Morgan fingerprint density at radius 3 is 2.95 bits per heavy atom. The summed E-state index contributed by atoms with van der Waals surface area (Å²) in [6, 6.07) is 6.95. The summed E-state index contributed by atoms with van der Waals surface area (Å²) >= 11 is 6.12. The summed E-state index contributed by atoms with van der Waals surface area (Å²) in [6.07, 6.45) is 1.64. The van der Waals surface area contributed by atoms with E-state index in [9.17, 15) is 4.79 Å². The summed E-state index contributed by atoms with van der Waals surface area (Å²) in [5.74, 6) is 0.551. The van der Waals surface area contributed by atoms with Crippen LogP contribution in [0.4, 0.5) is 0 Å². The molecule has 0 saturated carbocycles. The SMILES string of the molecule is CC[C@H](N)c1nc2cccc(Cl)c2c(=O)n1CCCC#N.